The number of hydrogen-bond donors (Lipinski definition) is 0. The van der Waals surface area contributed by atoms with Crippen molar-refractivity contribution in [3.8, 4) is 17.4 Å². The predicted octanol–water partition coefficient (Wildman–Crippen LogP) is 3.96. The first-order valence-electron chi connectivity index (χ1n) is 7.18. The number of rotatable bonds is 5. The van der Waals surface area contributed by atoms with Crippen molar-refractivity contribution in [2.45, 2.75) is 13.5 Å². The zero-order chi connectivity index (χ0) is 16.9. The Morgan fingerprint density at radius 2 is 2.04 bits per heavy atom. The molecule has 0 aliphatic carbocycles. The second kappa shape index (κ2) is 7.14. The summed E-state index contributed by atoms with van der Waals surface area (Å²) in [6.45, 7) is 1.71. The number of hydrogen-bond acceptors (Lipinski definition) is 5. The van der Waals surface area contributed by atoms with E-state index in [1.807, 2.05) is 30.3 Å². The molecule has 0 atom stereocenters. The number of halogens is 1. The summed E-state index contributed by atoms with van der Waals surface area (Å²) in [6.07, 6.45) is 2.99. The first-order valence-corrected chi connectivity index (χ1v) is 7.56. The maximum absolute atomic E-state index is 11.5. The van der Waals surface area contributed by atoms with Gasteiger partial charge in [0.15, 0.2) is 0 Å². The van der Waals surface area contributed by atoms with Crippen LogP contribution in [0.2, 0.25) is 5.15 Å². The average molecular weight is 344 g/mol. The van der Waals surface area contributed by atoms with Crippen molar-refractivity contribution < 1.29 is 14.3 Å². The van der Waals surface area contributed by atoms with Crippen LogP contribution in [0.5, 0.6) is 17.4 Å². The van der Waals surface area contributed by atoms with Gasteiger partial charge in [-0.1, -0.05) is 41.9 Å². The van der Waals surface area contributed by atoms with Crippen LogP contribution in [-0.2, 0) is 6.61 Å². The van der Waals surface area contributed by atoms with E-state index in [0.29, 0.717) is 23.3 Å². The van der Waals surface area contributed by atoms with Crippen LogP contribution in [0.4, 0.5) is 0 Å². The molecule has 0 amide bonds. The van der Waals surface area contributed by atoms with Gasteiger partial charge in [-0.25, -0.2) is 9.67 Å². The zero-order valence-corrected chi connectivity index (χ0v) is 13.6. The van der Waals surface area contributed by atoms with Gasteiger partial charge in [-0.05, 0) is 11.6 Å². The van der Waals surface area contributed by atoms with Gasteiger partial charge in [0.1, 0.15) is 17.5 Å². The Balaban J connectivity index is 1.82. The third-order valence-corrected chi connectivity index (χ3v) is 3.32. The van der Waals surface area contributed by atoms with E-state index in [1.165, 1.54) is 24.0 Å². The van der Waals surface area contributed by atoms with Crippen molar-refractivity contribution >= 4 is 17.5 Å². The molecule has 6 nitrogen and oxygen atoms in total. The zero-order valence-electron chi connectivity index (χ0n) is 12.8. The van der Waals surface area contributed by atoms with Crippen molar-refractivity contribution in [2.75, 3.05) is 0 Å². The van der Waals surface area contributed by atoms with Gasteiger partial charge in [0.25, 0.3) is 5.88 Å². The SMILES string of the molecule is CC(=O)n1cc(Oc2ccnc(Cl)c2)c(OCc2ccccc2)n1. The Kier molecular flexibility index (Phi) is 4.77. The number of aromatic nitrogens is 3. The molecule has 2 aromatic heterocycles. The Bertz CT molecular complexity index is 849. The molecule has 0 aliphatic rings. The lowest BCUT2D eigenvalue weighted by Gasteiger charge is -2.07. The summed E-state index contributed by atoms with van der Waals surface area (Å²) in [6, 6.07) is 12.9. The molecule has 0 fully saturated rings. The molecule has 0 spiro atoms. The highest BCUT2D eigenvalue weighted by atomic mass is 35.5. The van der Waals surface area contributed by atoms with Crippen LogP contribution in [0.15, 0.2) is 54.9 Å². The van der Waals surface area contributed by atoms with Crippen LogP contribution in [0.25, 0.3) is 0 Å². The highest BCUT2D eigenvalue weighted by molar-refractivity contribution is 6.29. The van der Waals surface area contributed by atoms with Crippen LogP contribution < -0.4 is 9.47 Å². The second-order valence-corrected chi connectivity index (χ2v) is 5.34. The van der Waals surface area contributed by atoms with Crippen molar-refractivity contribution in [3.05, 3.63) is 65.6 Å². The van der Waals surface area contributed by atoms with Crippen molar-refractivity contribution in [3.63, 3.8) is 0 Å². The number of carbonyl (C=O) groups is 1. The molecule has 0 saturated heterocycles. The summed E-state index contributed by atoms with van der Waals surface area (Å²) >= 11 is 5.85. The Morgan fingerprint density at radius 3 is 2.75 bits per heavy atom. The maximum atomic E-state index is 11.5. The fourth-order valence-electron chi connectivity index (χ4n) is 1.97. The quantitative estimate of drug-likeness (QED) is 0.656. The summed E-state index contributed by atoms with van der Waals surface area (Å²) < 4.78 is 12.6. The van der Waals surface area contributed by atoms with E-state index in [2.05, 4.69) is 10.1 Å². The van der Waals surface area contributed by atoms with Crippen LogP contribution in [-0.4, -0.2) is 20.7 Å². The summed E-state index contributed by atoms with van der Waals surface area (Å²) in [4.78, 5) is 15.4. The predicted molar refractivity (Wildman–Crippen MR) is 88.6 cm³/mol. The Morgan fingerprint density at radius 1 is 1.25 bits per heavy atom. The van der Waals surface area contributed by atoms with Crippen molar-refractivity contribution in [2.24, 2.45) is 0 Å². The molecule has 7 heteroatoms. The highest BCUT2D eigenvalue weighted by Crippen LogP contribution is 2.31. The Labute approximate surface area is 143 Å². The minimum atomic E-state index is -0.248. The van der Waals surface area contributed by atoms with Crippen molar-refractivity contribution in [1.82, 2.24) is 14.8 Å². The summed E-state index contributed by atoms with van der Waals surface area (Å²) in [7, 11) is 0. The van der Waals surface area contributed by atoms with E-state index in [-0.39, 0.29) is 11.8 Å². The fraction of sp³-hybridized carbons (Fsp3) is 0.118. The molecule has 24 heavy (non-hydrogen) atoms. The molecule has 1 aromatic carbocycles. The highest BCUT2D eigenvalue weighted by Gasteiger charge is 2.15. The molecule has 3 aromatic rings. The second-order valence-electron chi connectivity index (χ2n) is 4.95. The van der Waals surface area contributed by atoms with E-state index in [9.17, 15) is 4.79 Å². The van der Waals surface area contributed by atoms with Gasteiger partial charge in [0, 0.05) is 19.2 Å². The topological polar surface area (TPSA) is 66.2 Å². The Hall–Kier alpha value is -2.86. The smallest absolute Gasteiger partial charge is 0.277 e. The minimum Gasteiger partial charge on any atom is -0.469 e. The molecule has 3 rings (SSSR count). The first-order chi connectivity index (χ1) is 11.6. The van der Waals surface area contributed by atoms with Gasteiger partial charge in [0.2, 0.25) is 11.7 Å². The van der Waals surface area contributed by atoms with Crippen LogP contribution in [0.3, 0.4) is 0 Å². The van der Waals surface area contributed by atoms with Crippen LogP contribution >= 0.6 is 11.6 Å². The number of nitrogens with zero attached hydrogens (tertiary/aromatic N) is 3. The molecule has 0 saturated carbocycles. The van der Waals surface area contributed by atoms with Gasteiger partial charge in [-0.3, -0.25) is 4.79 Å². The van der Waals surface area contributed by atoms with E-state index in [0.717, 1.165) is 5.56 Å². The average Bonchev–Trinajstić information content (AvgIpc) is 2.97. The standard InChI is InChI=1S/C17H14ClN3O3/c1-12(22)21-10-15(24-14-7-8-19-16(18)9-14)17(20-21)23-11-13-5-3-2-4-6-13/h2-10H,11H2,1H3. The van der Waals surface area contributed by atoms with Gasteiger partial charge in [0.05, 0.1) is 6.20 Å². The summed E-state index contributed by atoms with van der Waals surface area (Å²) in [5.74, 6) is 0.773. The normalized spacial score (nSPS) is 10.4. The van der Waals surface area contributed by atoms with Gasteiger partial charge < -0.3 is 9.47 Å². The lowest BCUT2D eigenvalue weighted by atomic mass is 10.2. The molecular formula is C17H14ClN3O3. The minimum absolute atomic E-state index is 0.224. The molecule has 0 radical (unpaired) electrons. The molecule has 0 aliphatic heterocycles. The molecular weight excluding hydrogens is 330 g/mol. The molecule has 0 N–H and O–H groups in total. The number of ether oxygens (including phenoxy) is 2. The molecule has 0 bridgehead atoms. The summed E-state index contributed by atoms with van der Waals surface area (Å²) in [5, 5.41) is 4.42. The van der Waals surface area contributed by atoms with Gasteiger partial charge >= 0.3 is 0 Å². The third-order valence-electron chi connectivity index (χ3n) is 3.12. The van der Waals surface area contributed by atoms with Crippen molar-refractivity contribution in [1.29, 1.82) is 0 Å². The molecule has 2 heterocycles. The number of carbonyl (C=O) groups excluding carboxylic acids is 1. The van der Waals surface area contributed by atoms with E-state index >= 15 is 0 Å². The lowest BCUT2D eigenvalue weighted by molar-refractivity contribution is 0.0918. The maximum Gasteiger partial charge on any atom is 0.277 e. The van der Waals surface area contributed by atoms with Crippen LogP contribution in [0, 0.1) is 0 Å². The third kappa shape index (κ3) is 3.91. The van der Waals surface area contributed by atoms with E-state index < -0.39 is 0 Å². The summed E-state index contributed by atoms with van der Waals surface area (Å²) in [5.41, 5.74) is 0.979. The monoisotopic (exact) mass is 343 g/mol. The van der Waals surface area contributed by atoms with E-state index in [4.69, 9.17) is 21.1 Å². The lowest BCUT2D eigenvalue weighted by Crippen LogP contribution is -2.06. The molecule has 122 valence electrons. The molecule has 0 unspecified atom stereocenters. The van der Waals surface area contributed by atoms with Crippen LogP contribution in [0.1, 0.15) is 17.3 Å². The van der Waals surface area contributed by atoms with Gasteiger partial charge in [-0.15, -0.1) is 5.10 Å². The number of benzene rings is 1. The number of pyridine rings is 1. The van der Waals surface area contributed by atoms with E-state index in [1.54, 1.807) is 12.1 Å². The fourth-order valence-corrected chi connectivity index (χ4v) is 2.14. The largest absolute Gasteiger partial charge is 0.469 e. The van der Waals surface area contributed by atoms with Gasteiger partial charge in [-0.2, -0.15) is 0 Å². The first kappa shape index (κ1) is 16.0.